The highest BCUT2D eigenvalue weighted by Crippen LogP contribution is 2.48. The Morgan fingerprint density at radius 1 is 1.12 bits per heavy atom. The molecule has 0 unspecified atom stereocenters. The van der Waals surface area contributed by atoms with Crippen LogP contribution in [0.15, 0.2) is 35.6 Å². The second-order valence-corrected chi connectivity index (χ2v) is 9.34. The third kappa shape index (κ3) is 2.55. The first-order chi connectivity index (χ1) is 7.88. The molecular formula is C14H20N2S. The molecule has 1 aromatic heterocycles. The zero-order valence-electron chi connectivity index (χ0n) is 11.2. The quantitative estimate of drug-likeness (QED) is 0.795. The Morgan fingerprint density at radius 3 is 2.35 bits per heavy atom. The lowest BCUT2D eigenvalue weighted by molar-refractivity contribution is 1.02. The Morgan fingerprint density at radius 2 is 1.82 bits per heavy atom. The molecule has 92 valence electrons. The van der Waals surface area contributed by atoms with Gasteiger partial charge in [-0.1, -0.05) is 6.07 Å². The van der Waals surface area contributed by atoms with E-state index in [4.69, 9.17) is 0 Å². The highest BCUT2D eigenvalue weighted by molar-refractivity contribution is 8.32. The number of aryl methyl sites for hydroxylation is 2. The molecule has 0 bridgehead atoms. The van der Waals surface area contributed by atoms with Crippen molar-refractivity contribution in [1.29, 1.82) is 0 Å². The lowest BCUT2D eigenvalue weighted by Gasteiger charge is -2.29. The van der Waals surface area contributed by atoms with Crippen LogP contribution in [0.1, 0.15) is 11.3 Å². The molecule has 0 aliphatic rings. The maximum atomic E-state index is 4.31. The second kappa shape index (κ2) is 4.22. The summed E-state index contributed by atoms with van der Waals surface area (Å²) in [6, 6.07) is 6.67. The summed E-state index contributed by atoms with van der Waals surface area (Å²) in [6.45, 7) is 4.17. The Balaban J connectivity index is 2.61. The van der Waals surface area contributed by atoms with Gasteiger partial charge in [0, 0.05) is 11.1 Å². The molecule has 2 nitrogen and oxygen atoms in total. The van der Waals surface area contributed by atoms with E-state index < -0.39 is 10.0 Å². The number of aromatic nitrogens is 2. The number of benzene rings is 1. The average Bonchev–Trinajstić information content (AvgIpc) is 2.63. The molecule has 0 aliphatic carbocycles. The molecule has 1 heterocycles. The predicted molar refractivity (Wildman–Crippen MR) is 76.7 cm³/mol. The zero-order valence-corrected chi connectivity index (χ0v) is 12.0. The molecule has 0 N–H and O–H groups in total. The number of hydrogen-bond donors (Lipinski definition) is 0. The Hall–Kier alpha value is -1.22. The largest absolute Gasteiger partial charge is 0.305 e. The van der Waals surface area contributed by atoms with Gasteiger partial charge in [0.05, 0.1) is 17.7 Å². The van der Waals surface area contributed by atoms with Crippen LogP contribution in [0.3, 0.4) is 0 Å². The van der Waals surface area contributed by atoms with Crippen LogP contribution in [0.25, 0.3) is 5.69 Å². The molecule has 0 amide bonds. The van der Waals surface area contributed by atoms with E-state index in [1.165, 1.54) is 16.1 Å². The van der Waals surface area contributed by atoms with Crippen LogP contribution in [0, 0.1) is 13.8 Å². The predicted octanol–water partition coefficient (Wildman–Crippen LogP) is 3.54. The zero-order chi connectivity index (χ0) is 12.6. The fourth-order valence-corrected chi connectivity index (χ4v) is 3.22. The van der Waals surface area contributed by atoms with Gasteiger partial charge in [-0.25, -0.2) is 15.0 Å². The van der Waals surface area contributed by atoms with Gasteiger partial charge in [-0.05, 0) is 50.3 Å². The second-order valence-electron chi connectivity index (χ2n) is 5.23. The molecule has 2 aromatic rings. The molecule has 0 radical (unpaired) electrons. The summed E-state index contributed by atoms with van der Waals surface area (Å²) in [5.41, 5.74) is 3.64. The van der Waals surface area contributed by atoms with Crippen molar-refractivity contribution in [2.24, 2.45) is 0 Å². The first-order valence-corrected chi connectivity index (χ1v) is 8.54. The van der Waals surface area contributed by atoms with E-state index in [0.717, 1.165) is 5.69 Å². The summed E-state index contributed by atoms with van der Waals surface area (Å²) in [5.74, 6) is 0. The Bertz CT molecular complexity index is 535. The summed E-state index contributed by atoms with van der Waals surface area (Å²) in [5, 5.41) is 0. The van der Waals surface area contributed by atoms with Gasteiger partial charge >= 0.3 is 0 Å². The van der Waals surface area contributed by atoms with Crippen molar-refractivity contribution in [3.63, 3.8) is 0 Å². The summed E-state index contributed by atoms with van der Waals surface area (Å²) in [4.78, 5) is 5.75. The van der Waals surface area contributed by atoms with Gasteiger partial charge in [0.15, 0.2) is 0 Å². The first kappa shape index (κ1) is 12.2. The SMILES string of the molecule is Cc1ccc(-n2cnc(C)c2)c(S(C)(C)C)c1. The van der Waals surface area contributed by atoms with Crippen LogP contribution in [-0.4, -0.2) is 28.3 Å². The van der Waals surface area contributed by atoms with E-state index in [0.29, 0.717) is 0 Å². The lowest BCUT2D eigenvalue weighted by atomic mass is 10.2. The van der Waals surface area contributed by atoms with E-state index in [2.05, 4.69) is 59.6 Å². The van der Waals surface area contributed by atoms with Crippen LogP contribution in [0.4, 0.5) is 0 Å². The highest BCUT2D eigenvalue weighted by Gasteiger charge is 2.14. The van der Waals surface area contributed by atoms with E-state index in [9.17, 15) is 0 Å². The van der Waals surface area contributed by atoms with Crippen molar-refractivity contribution in [3.05, 3.63) is 42.0 Å². The number of nitrogens with zero attached hydrogens (tertiary/aromatic N) is 2. The third-order valence-corrected chi connectivity index (χ3v) is 4.41. The van der Waals surface area contributed by atoms with E-state index in [-0.39, 0.29) is 0 Å². The minimum atomic E-state index is -0.743. The smallest absolute Gasteiger partial charge is 0.0995 e. The molecule has 0 atom stereocenters. The van der Waals surface area contributed by atoms with Crippen LogP contribution < -0.4 is 0 Å². The van der Waals surface area contributed by atoms with Gasteiger partial charge in [-0.3, -0.25) is 0 Å². The summed E-state index contributed by atoms with van der Waals surface area (Å²) >= 11 is 0. The normalized spacial score (nSPS) is 12.8. The summed E-state index contributed by atoms with van der Waals surface area (Å²) in [7, 11) is -0.743. The first-order valence-electron chi connectivity index (χ1n) is 5.68. The van der Waals surface area contributed by atoms with Gasteiger partial charge in [-0.15, -0.1) is 0 Å². The lowest BCUT2D eigenvalue weighted by Crippen LogP contribution is -2.01. The van der Waals surface area contributed by atoms with E-state index in [1.54, 1.807) is 0 Å². The number of hydrogen-bond acceptors (Lipinski definition) is 1. The van der Waals surface area contributed by atoms with Crippen molar-refractivity contribution >= 4 is 10.0 Å². The molecule has 17 heavy (non-hydrogen) atoms. The summed E-state index contributed by atoms with van der Waals surface area (Å²) < 4.78 is 2.13. The Labute approximate surface area is 105 Å². The number of imidazole rings is 1. The van der Waals surface area contributed by atoms with Crippen molar-refractivity contribution in [3.8, 4) is 5.69 Å². The van der Waals surface area contributed by atoms with Gasteiger partial charge in [0.1, 0.15) is 0 Å². The molecule has 0 saturated heterocycles. The fourth-order valence-electron chi connectivity index (χ4n) is 1.88. The highest BCUT2D eigenvalue weighted by atomic mass is 32.3. The van der Waals surface area contributed by atoms with Gasteiger partial charge in [0.2, 0.25) is 0 Å². The molecular weight excluding hydrogens is 228 g/mol. The van der Waals surface area contributed by atoms with Crippen molar-refractivity contribution in [2.75, 3.05) is 18.8 Å². The van der Waals surface area contributed by atoms with Crippen LogP contribution in [-0.2, 0) is 0 Å². The molecule has 0 aliphatic heterocycles. The van der Waals surface area contributed by atoms with Crippen molar-refractivity contribution in [1.82, 2.24) is 9.55 Å². The molecule has 2 rings (SSSR count). The molecule has 3 heteroatoms. The van der Waals surface area contributed by atoms with E-state index in [1.807, 2.05) is 13.3 Å². The standard InChI is InChI=1S/C14H20N2S/c1-11-6-7-13(14(8-11)17(3,4)5)16-9-12(2)15-10-16/h6-10H,1-5H3. The number of rotatable bonds is 2. The summed E-state index contributed by atoms with van der Waals surface area (Å²) in [6.07, 6.45) is 11.0. The minimum absolute atomic E-state index is 0.743. The minimum Gasteiger partial charge on any atom is -0.305 e. The van der Waals surface area contributed by atoms with Gasteiger partial charge < -0.3 is 4.57 Å². The van der Waals surface area contributed by atoms with Crippen LogP contribution in [0.5, 0.6) is 0 Å². The Kier molecular flexibility index (Phi) is 3.04. The molecule has 0 saturated carbocycles. The third-order valence-electron chi connectivity index (χ3n) is 2.76. The molecule has 1 aromatic carbocycles. The molecule has 0 spiro atoms. The average molecular weight is 248 g/mol. The van der Waals surface area contributed by atoms with E-state index >= 15 is 0 Å². The van der Waals surface area contributed by atoms with Gasteiger partial charge in [0.25, 0.3) is 0 Å². The van der Waals surface area contributed by atoms with Gasteiger partial charge in [-0.2, -0.15) is 0 Å². The monoisotopic (exact) mass is 248 g/mol. The topological polar surface area (TPSA) is 17.8 Å². The maximum absolute atomic E-state index is 4.31. The van der Waals surface area contributed by atoms with Crippen LogP contribution in [0.2, 0.25) is 0 Å². The fraction of sp³-hybridized carbons (Fsp3) is 0.357. The van der Waals surface area contributed by atoms with Crippen molar-refractivity contribution < 1.29 is 0 Å². The van der Waals surface area contributed by atoms with Crippen molar-refractivity contribution in [2.45, 2.75) is 18.7 Å². The maximum Gasteiger partial charge on any atom is 0.0995 e. The molecule has 0 fully saturated rings. The van der Waals surface area contributed by atoms with Crippen LogP contribution >= 0.6 is 10.0 Å².